The zero-order chi connectivity index (χ0) is 14.4. The van der Waals surface area contributed by atoms with Gasteiger partial charge in [-0.25, -0.2) is 0 Å². The summed E-state index contributed by atoms with van der Waals surface area (Å²) in [5.41, 5.74) is 0. The molecule has 1 aromatic heterocycles. The van der Waals surface area contributed by atoms with Crippen LogP contribution >= 0.6 is 11.6 Å². The summed E-state index contributed by atoms with van der Waals surface area (Å²) in [5.74, 6) is 3.02. The van der Waals surface area contributed by atoms with Gasteiger partial charge in [0.15, 0.2) is 0 Å². The summed E-state index contributed by atoms with van der Waals surface area (Å²) in [4.78, 5) is 0. The highest BCUT2D eigenvalue weighted by molar-refractivity contribution is 6.32. The van der Waals surface area contributed by atoms with E-state index in [4.69, 9.17) is 20.8 Å². The van der Waals surface area contributed by atoms with Gasteiger partial charge in [-0.05, 0) is 36.7 Å². The second-order valence-electron chi connectivity index (χ2n) is 5.11. The number of para-hydroxylation sites is 1. The van der Waals surface area contributed by atoms with Gasteiger partial charge in [-0.3, -0.25) is 0 Å². The molecule has 0 radical (unpaired) electrons. The fourth-order valence-corrected chi connectivity index (χ4v) is 1.98. The number of benzene rings is 1. The number of rotatable bonds is 7. The van der Waals surface area contributed by atoms with Crippen LogP contribution in [-0.4, -0.2) is 6.54 Å². The van der Waals surface area contributed by atoms with Crippen LogP contribution in [0, 0.1) is 5.92 Å². The van der Waals surface area contributed by atoms with Gasteiger partial charge >= 0.3 is 0 Å². The SMILES string of the molecule is CC(C)CNCc1ccc(COc2ccccc2Cl)o1. The van der Waals surface area contributed by atoms with Gasteiger partial charge in [0, 0.05) is 0 Å². The van der Waals surface area contributed by atoms with E-state index >= 15 is 0 Å². The predicted molar refractivity (Wildman–Crippen MR) is 81.0 cm³/mol. The largest absolute Gasteiger partial charge is 0.484 e. The summed E-state index contributed by atoms with van der Waals surface area (Å²) in [5, 5.41) is 3.95. The lowest BCUT2D eigenvalue weighted by Crippen LogP contribution is -2.18. The molecule has 3 nitrogen and oxygen atoms in total. The number of hydrogen-bond donors (Lipinski definition) is 1. The molecule has 2 aromatic rings. The Hall–Kier alpha value is -1.45. The van der Waals surface area contributed by atoms with Crippen LogP contribution in [0.2, 0.25) is 5.02 Å². The molecule has 108 valence electrons. The van der Waals surface area contributed by atoms with Crippen molar-refractivity contribution in [3.8, 4) is 5.75 Å². The Morgan fingerprint density at radius 3 is 2.65 bits per heavy atom. The van der Waals surface area contributed by atoms with Gasteiger partial charge in [-0.15, -0.1) is 0 Å². The summed E-state index contributed by atoms with van der Waals surface area (Å²) in [6.45, 7) is 6.46. The van der Waals surface area contributed by atoms with Crippen LogP contribution in [0.3, 0.4) is 0 Å². The molecule has 0 bridgehead atoms. The second-order valence-corrected chi connectivity index (χ2v) is 5.52. The van der Waals surface area contributed by atoms with Gasteiger partial charge in [0.2, 0.25) is 0 Å². The summed E-state index contributed by atoms with van der Waals surface area (Å²) >= 11 is 6.03. The minimum Gasteiger partial charge on any atom is -0.484 e. The molecule has 4 heteroatoms. The maximum absolute atomic E-state index is 6.03. The minimum atomic E-state index is 0.383. The van der Waals surface area contributed by atoms with E-state index in [9.17, 15) is 0 Å². The maximum atomic E-state index is 6.03. The van der Waals surface area contributed by atoms with Gasteiger partial charge in [0.05, 0.1) is 11.6 Å². The van der Waals surface area contributed by atoms with Crippen molar-refractivity contribution in [2.45, 2.75) is 27.0 Å². The van der Waals surface area contributed by atoms with Gasteiger partial charge in [-0.2, -0.15) is 0 Å². The Bertz CT molecular complexity index is 537. The Morgan fingerprint density at radius 1 is 1.15 bits per heavy atom. The first kappa shape index (κ1) is 14.9. The van der Waals surface area contributed by atoms with Crippen molar-refractivity contribution in [3.05, 3.63) is 52.9 Å². The molecule has 0 saturated carbocycles. The van der Waals surface area contributed by atoms with E-state index in [0.29, 0.717) is 23.3 Å². The van der Waals surface area contributed by atoms with Crippen molar-refractivity contribution in [2.75, 3.05) is 6.54 Å². The first-order valence-corrected chi connectivity index (χ1v) is 7.18. The highest BCUT2D eigenvalue weighted by Crippen LogP contribution is 2.24. The van der Waals surface area contributed by atoms with Crippen LogP contribution in [0.25, 0.3) is 0 Å². The molecule has 0 aliphatic heterocycles. The molecule has 0 spiro atoms. The van der Waals surface area contributed by atoms with E-state index in [0.717, 1.165) is 24.6 Å². The Balaban J connectivity index is 1.82. The molecular formula is C16H20ClNO2. The summed E-state index contributed by atoms with van der Waals surface area (Å²) in [6.07, 6.45) is 0. The van der Waals surface area contributed by atoms with Crippen LogP contribution in [0.4, 0.5) is 0 Å². The number of ether oxygens (including phenoxy) is 1. The Labute approximate surface area is 124 Å². The van der Waals surface area contributed by atoms with E-state index < -0.39 is 0 Å². The normalized spacial score (nSPS) is 11.0. The number of hydrogen-bond acceptors (Lipinski definition) is 3. The van der Waals surface area contributed by atoms with Crippen molar-refractivity contribution >= 4 is 11.6 Å². The zero-order valence-electron chi connectivity index (χ0n) is 11.9. The van der Waals surface area contributed by atoms with Crippen LogP contribution in [0.15, 0.2) is 40.8 Å². The van der Waals surface area contributed by atoms with E-state index in [-0.39, 0.29) is 0 Å². The first-order valence-electron chi connectivity index (χ1n) is 6.81. The van der Waals surface area contributed by atoms with Crippen molar-refractivity contribution in [1.82, 2.24) is 5.32 Å². The molecule has 0 aliphatic carbocycles. The molecule has 1 N–H and O–H groups in total. The maximum Gasteiger partial charge on any atom is 0.146 e. The third-order valence-electron chi connectivity index (χ3n) is 2.78. The highest BCUT2D eigenvalue weighted by Gasteiger charge is 2.05. The average Bonchev–Trinajstić information content (AvgIpc) is 2.85. The summed E-state index contributed by atoms with van der Waals surface area (Å²) in [6, 6.07) is 11.3. The summed E-state index contributed by atoms with van der Waals surface area (Å²) in [7, 11) is 0. The lowest BCUT2D eigenvalue weighted by molar-refractivity contribution is 0.265. The van der Waals surface area contributed by atoms with E-state index in [1.165, 1.54) is 0 Å². The molecule has 0 saturated heterocycles. The zero-order valence-corrected chi connectivity index (χ0v) is 12.6. The molecule has 0 amide bonds. The van der Waals surface area contributed by atoms with Gasteiger partial charge < -0.3 is 14.5 Å². The number of halogens is 1. The molecule has 0 atom stereocenters. The van der Waals surface area contributed by atoms with Crippen molar-refractivity contribution < 1.29 is 9.15 Å². The average molecular weight is 294 g/mol. The quantitative estimate of drug-likeness (QED) is 0.828. The monoisotopic (exact) mass is 293 g/mol. The second kappa shape index (κ2) is 7.36. The van der Waals surface area contributed by atoms with Crippen LogP contribution in [-0.2, 0) is 13.2 Å². The van der Waals surface area contributed by atoms with Gasteiger partial charge in [0.1, 0.15) is 23.9 Å². The Kier molecular flexibility index (Phi) is 5.50. The van der Waals surface area contributed by atoms with E-state index in [1.54, 1.807) is 6.07 Å². The molecule has 1 aromatic carbocycles. The van der Waals surface area contributed by atoms with Crippen molar-refractivity contribution in [1.29, 1.82) is 0 Å². The van der Waals surface area contributed by atoms with Gasteiger partial charge in [0.25, 0.3) is 0 Å². The fourth-order valence-electron chi connectivity index (χ4n) is 1.79. The lowest BCUT2D eigenvalue weighted by atomic mass is 10.2. The highest BCUT2D eigenvalue weighted by atomic mass is 35.5. The molecular weight excluding hydrogens is 274 g/mol. The molecule has 0 fully saturated rings. The topological polar surface area (TPSA) is 34.4 Å². The van der Waals surface area contributed by atoms with Crippen molar-refractivity contribution in [3.63, 3.8) is 0 Å². The minimum absolute atomic E-state index is 0.383. The lowest BCUT2D eigenvalue weighted by Gasteiger charge is -2.06. The van der Waals surface area contributed by atoms with Crippen LogP contribution < -0.4 is 10.1 Å². The van der Waals surface area contributed by atoms with Crippen molar-refractivity contribution in [2.24, 2.45) is 5.92 Å². The third-order valence-corrected chi connectivity index (χ3v) is 3.09. The number of furan rings is 1. The Morgan fingerprint density at radius 2 is 1.90 bits per heavy atom. The first-order chi connectivity index (χ1) is 9.65. The third kappa shape index (κ3) is 4.58. The fraction of sp³-hybridized carbons (Fsp3) is 0.375. The molecule has 20 heavy (non-hydrogen) atoms. The van der Waals surface area contributed by atoms with E-state index in [1.807, 2.05) is 30.3 Å². The molecule has 0 aliphatic rings. The van der Waals surface area contributed by atoms with E-state index in [2.05, 4.69) is 19.2 Å². The molecule has 0 unspecified atom stereocenters. The standard InChI is InChI=1S/C16H20ClNO2/c1-12(2)9-18-10-13-7-8-14(20-13)11-19-16-6-4-3-5-15(16)17/h3-8,12,18H,9-11H2,1-2H3. The van der Waals surface area contributed by atoms with Crippen LogP contribution in [0.1, 0.15) is 25.4 Å². The molecule has 2 rings (SSSR count). The van der Waals surface area contributed by atoms with Gasteiger partial charge in [-0.1, -0.05) is 37.6 Å². The predicted octanol–water partition coefficient (Wildman–Crippen LogP) is 4.26. The molecule has 1 heterocycles. The summed E-state index contributed by atoms with van der Waals surface area (Å²) < 4.78 is 11.3. The van der Waals surface area contributed by atoms with Crippen LogP contribution in [0.5, 0.6) is 5.75 Å². The smallest absolute Gasteiger partial charge is 0.146 e. The number of nitrogens with one attached hydrogen (secondary N) is 1.